The molecule has 4 aromatic rings. The lowest BCUT2D eigenvalue weighted by atomic mass is 10.1. The number of rotatable bonds is 5. The van der Waals surface area contributed by atoms with Gasteiger partial charge in [0.05, 0.1) is 17.6 Å². The van der Waals surface area contributed by atoms with Crippen LogP contribution in [0.5, 0.6) is 0 Å². The van der Waals surface area contributed by atoms with Crippen LogP contribution in [-0.2, 0) is 4.74 Å². The zero-order chi connectivity index (χ0) is 22.7. The number of fused-ring (bicyclic) bond motifs is 1. The van der Waals surface area contributed by atoms with Gasteiger partial charge in [0.25, 0.3) is 5.91 Å². The van der Waals surface area contributed by atoms with Gasteiger partial charge in [-0.25, -0.2) is 4.79 Å². The molecule has 1 N–H and O–H groups in total. The Labute approximate surface area is 184 Å². The molecule has 6 heteroatoms. The monoisotopic (exact) mass is 427 g/mol. The smallest absolute Gasteiger partial charge is 0.338 e. The molecule has 0 spiro atoms. The van der Waals surface area contributed by atoms with Gasteiger partial charge in [-0.05, 0) is 62.4 Å². The minimum atomic E-state index is -0.406. The average Bonchev–Trinajstić information content (AvgIpc) is 2.80. The highest BCUT2D eigenvalue weighted by molar-refractivity contribution is 6.04. The maximum Gasteiger partial charge on any atom is 0.338 e. The van der Waals surface area contributed by atoms with Crippen LogP contribution >= 0.6 is 0 Å². The predicted molar refractivity (Wildman–Crippen MR) is 123 cm³/mol. The second kappa shape index (κ2) is 8.89. The third kappa shape index (κ3) is 4.44. The number of hydrogen-bond acceptors (Lipinski definition) is 5. The van der Waals surface area contributed by atoms with Crippen LogP contribution in [0.1, 0.15) is 33.2 Å². The zero-order valence-corrected chi connectivity index (χ0v) is 17.7. The molecule has 0 aliphatic carbocycles. The summed E-state index contributed by atoms with van der Waals surface area (Å²) < 4.78 is 10.8. The third-order valence-electron chi connectivity index (χ3n) is 4.97. The van der Waals surface area contributed by atoms with Crippen LogP contribution in [0.4, 0.5) is 5.69 Å². The molecule has 0 radical (unpaired) electrons. The van der Waals surface area contributed by atoms with Crippen LogP contribution in [0.25, 0.3) is 22.3 Å². The van der Waals surface area contributed by atoms with Crippen LogP contribution in [0.15, 0.2) is 82.0 Å². The molecule has 6 nitrogen and oxygen atoms in total. The van der Waals surface area contributed by atoms with Gasteiger partial charge in [-0.15, -0.1) is 0 Å². The fourth-order valence-electron chi connectivity index (χ4n) is 3.31. The molecule has 0 atom stereocenters. The molecule has 1 amide bonds. The van der Waals surface area contributed by atoms with Crippen molar-refractivity contribution >= 4 is 28.5 Å². The van der Waals surface area contributed by atoms with E-state index in [4.69, 9.17) is 9.15 Å². The van der Waals surface area contributed by atoms with E-state index >= 15 is 0 Å². The number of carbonyl (C=O) groups excluding carboxylic acids is 2. The normalized spacial score (nSPS) is 10.7. The molecule has 3 aromatic carbocycles. The van der Waals surface area contributed by atoms with Gasteiger partial charge >= 0.3 is 5.97 Å². The van der Waals surface area contributed by atoms with Gasteiger partial charge in [0.1, 0.15) is 11.3 Å². The first kappa shape index (κ1) is 21.1. The molecule has 0 aliphatic rings. The number of amides is 1. The molecule has 32 heavy (non-hydrogen) atoms. The first-order valence-electron chi connectivity index (χ1n) is 10.2. The summed E-state index contributed by atoms with van der Waals surface area (Å²) in [5.74, 6) is -0.264. The third-order valence-corrected chi connectivity index (χ3v) is 4.97. The fraction of sp³-hybridized carbons (Fsp3) is 0.115. The summed E-state index contributed by atoms with van der Waals surface area (Å²) in [6, 6.07) is 20.2. The van der Waals surface area contributed by atoms with Crippen molar-refractivity contribution in [3.05, 3.63) is 99.7 Å². The largest absolute Gasteiger partial charge is 0.462 e. The number of benzene rings is 3. The molecule has 0 unspecified atom stereocenters. The lowest BCUT2D eigenvalue weighted by molar-refractivity contribution is 0.0526. The standard InChI is InChI=1S/C26H21NO5/c1-3-31-26(30)19-9-11-20(12-10-19)27-25(29)18-7-5-17(6-8-18)24-15-22(28)21-14-16(2)4-13-23(21)32-24/h4-15H,3H2,1-2H3,(H,27,29). The Morgan fingerprint density at radius 3 is 2.28 bits per heavy atom. The molecular weight excluding hydrogens is 406 g/mol. The van der Waals surface area contributed by atoms with E-state index in [1.165, 1.54) is 6.07 Å². The maximum absolute atomic E-state index is 12.6. The highest BCUT2D eigenvalue weighted by Crippen LogP contribution is 2.23. The molecule has 0 fully saturated rings. The highest BCUT2D eigenvalue weighted by atomic mass is 16.5. The van der Waals surface area contributed by atoms with E-state index in [2.05, 4.69) is 5.32 Å². The van der Waals surface area contributed by atoms with Gasteiger partial charge in [0.2, 0.25) is 0 Å². The molecule has 4 rings (SSSR count). The topological polar surface area (TPSA) is 85.6 Å². The van der Waals surface area contributed by atoms with Crippen molar-refractivity contribution in [1.82, 2.24) is 0 Å². The lowest BCUT2D eigenvalue weighted by Crippen LogP contribution is -2.12. The molecular formula is C26H21NO5. The lowest BCUT2D eigenvalue weighted by Gasteiger charge is -2.08. The molecule has 0 aliphatic heterocycles. The Morgan fingerprint density at radius 1 is 0.906 bits per heavy atom. The van der Waals surface area contributed by atoms with Gasteiger partial charge in [-0.2, -0.15) is 0 Å². The predicted octanol–water partition coefficient (Wildman–Crippen LogP) is 5.20. The van der Waals surface area contributed by atoms with E-state index in [1.807, 2.05) is 13.0 Å². The van der Waals surface area contributed by atoms with Crippen LogP contribution in [0, 0.1) is 6.92 Å². The van der Waals surface area contributed by atoms with E-state index < -0.39 is 5.97 Å². The zero-order valence-electron chi connectivity index (χ0n) is 17.7. The summed E-state index contributed by atoms with van der Waals surface area (Å²) in [5, 5.41) is 3.33. The van der Waals surface area contributed by atoms with Crippen LogP contribution in [-0.4, -0.2) is 18.5 Å². The van der Waals surface area contributed by atoms with E-state index in [0.717, 1.165) is 5.56 Å². The van der Waals surface area contributed by atoms with Crippen molar-refractivity contribution in [3.63, 3.8) is 0 Å². The van der Waals surface area contributed by atoms with Crippen LogP contribution in [0.2, 0.25) is 0 Å². The summed E-state index contributed by atoms with van der Waals surface area (Å²) in [7, 11) is 0. The van der Waals surface area contributed by atoms with Gasteiger partial charge in [-0.3, -0.25) is 9.59 Å². The van der Waals surface area contributed by atoms with Crippen molar-refractivity contribution < 1.29 is 18.7 Å². The quantitative estimate of drug-likeness (QED) is 0.443. The van der Waals surface area contributed by atoms with Gasteiger partial charge in [0, 0.05) is 22.9 Å². The van der Waals surface area contributed by atoms with Crippen molar-refractivity contribution in [2.24, 2.45) is 0 Å². The number of anilines is 1. The second-order valence-electron chi connectivity index (χ2n) is 7.30. The van der Waals surface area contributed by atoms with Crippen molar-refractivity contribution in [2.75, 3.05) is 11.9 Å². The number of esters is 1. The average molecular weight is 427 g/mol. The van der Waals surface area contributed by atoms with Gasteiger partial charge in [0.15, 0.2) is 5.43 Å². The minimum Gasteiger partial charge on any atom is -0.462 e. The minimum absolute atomic E-state index is 0.113. The number of ether oxygens (including phenoxy) is 1. The van der Waals surface area contributed by atoms with Crippen molar-refractivity contribution in [3.8, 4) is 11.3 Å². The number of nitrogens with one attached hydrogen (secondary N) is 1. The first-order chi connectivity index (χ1) is 15.4. The van der Waals surface area contributed by atoms with Crippen LogP contribution < -0.4 is 10.7 Å². The summed E-state index contributed by atoms with van der Waals surface area (Å²) in [6.07, 6.45) is 0. The fourth-order valence-corrected chi connectivity index (χ4v) is 3.31. The SMILES string of the molecule is CCOC(=O)c1ccc(NC(=O)c2ccc(-c3cc(=O)c4cc(C)ccc4o3)cc2)cc1. The highest BCUT2D eigenvalue weighted by Gasteiger charge is 2.11. The van der Waals surface area contributed by atoms with Crippen molar-refractivity contribution in [2.45, 2.75) is 13.8 Å². The Morgan fingerprint density at radius 2 is 1.59 bits per heavy atom. The van der Waals surface area contributed by atoms with Gasteiger partial charge < -0.3 is 14.5 Å². The van der Waals surface area contributed by atoms with E-state index in [1.54, 1.807) is 67.6 Å². The van der Waals surface area contributed by atoms with E-state index in [9.17, 15) is 14.4 Å². The summed E-state index contributed by atoms with van der Waals surface area (Å²) in [6.45, 7) is 3.97. The molecule has 1 heterocycles. The van der Waals surface area contributed by atoms with Crippen LogP contribution in [0.3, 0.4) is 0 Å². The van der Waals surface area contributed by atoms with Crippen molar-refractivity contribution in [1.29, 1.82) is 0 Å². The molecule has 0 saturated heterocycles. The molecule has 0 bridgehead atoms. The Hall–Kier alpha value is -4.19. The second-order valence-corrected chi connectivity index (χ2v) is 7.30. The van der Waals surface area contributed by atoms with E-state index in [-0.39, 0.29) is 11.3 Å². The summed E-state index contributed by atoms with van der Waals surface area (Å²) in [5.41, 5.74) is 3.51. The number of aryl methyl sites for hydroxylation is 1. The molecule has 0 saturated carbocycles. The van der Waals surface area contributed by atoms with Gasteiger partial charge in [-0.1, -0.05) is 23.8 Å². The summed E-state index contributed by atoms with van der Waals surface area (Å²) >= 11 is 0. The number of carbonyl (C=O) groups is 2. The Bertz CT molecular complexity index is 1350. The Kier molecular flexibility index (Phi) is 5.85. The first-order valence-corrected chi connectivity index (χ1v) is 10.2. The number of hydrogen-bond donors (Lipinski definition) is 1. The molecule has 160 valence electrons. The molecule has 1 aromatic heterocycles. The van der Waals surface area contributed by atoms with E-state index in [0.29, 0.717) is 45.7 Å². The Balaban J connectivity index is 1.50. The summed E-state index contributed by atoms with van der Waals surface area (Å²) in [4.78, 5) is 36.7. The maximum atomic E-state index is 12.6.